The summed E-state index contributed by atoms with van der Waals surface area (Å²) in [6, 6.07) is 19.6. The molecule has 2 nitrogen and oxygen atoms in total. The molecule has 2 rings (SSSR count). The van der Waals surface area contributed by atoms with Gasteiger partial charge in [0.2, 0.25) is 0 Å². The van der Waals surface area contributed by atoms with Gasteiger partial charge in [-0.05, 0) is 50.1 Å². The second-order valence-corrected chi connectivity index (χ2v) is 5.62. The molecule has 0 aromatic heterocycles. The molecule has 22 heavy (non-hydrogen) atoms. The largest absolute Gasteiger partial charge is 0.497 e. The molecule has 0 aliphatic carbocycles. The van der Waals surface area contributed by atoms with Crippen molar-refractivity contribution in [2.45, 2.75) is 25.8 Å². The molecule has 0 saturated carbocycles. The van der Waals surface area contributed by atoms with Gasteiger partial charge in [0, 0.05) is 12.6 Å². The highest BCUT2D eigenvalue weighted by Gasteiger charge is 2.10. The summed E-state index contributed by atoms with van der Waals surface area (Å²) in [6.45, 7) is 3.37. The highest BCUT2D eigenvalue weighted by atomic mass is 35.5. The van der Waals surface area contributed by atoms with Crippen LogP contribution in [0.1, 0.15) is 18.1 Å². The third-order valence-corrected chi connectivity index (χ3v) is 4.04. The Hall–Kier alpha value is -1.51. The highest BCUT2D eigenvalue weighted by Crippen LogP contribution is 2.14. The van der Waals surface area contributed by atoms with Gasteiger partial charge in [0.25, 0.3) is 0 Å². The second-order valence-electron chi connectivity index (χ2n) is 5.62. The second kappa shape index (κ2) is 9.50. The Balaban J connectivity index is 0.00000242. The molecule has 1 atom stereocenters. The summed E-state index contributed by atoms with van der Waals surface area (Å²) in [5, 5.41) is 0. The summed E-state index contributed by atoms with van der Waals surface area (Å²) in [5.74, 6) is 0.920. The first-order valence-electron chi connectivity index (χ1n) is 7.56. The monoisotopic (exact) mass is 319 g/mol. The van der Waals surface area contributed by atoms with E-state index < -0.39 is 0 Å². The fraction of sp³-hybridized carbons (Fsp3) is 0.368. The van der Waals surface area contributed by atoms with Crippen LogP contribution in [0.25, 0.3) is 0 Å². The van der Waals surface area contributed by atoms with E-state index in [0.717, 1.165) is 25.1 Å². The normalized spacial score (nSPS) is 11.8. The Bertz CT molecular complexity index is 527. The lowest BCUT2D eigenvalue weighted by Crippen LogP contribution is -2.32. The van der Waals surface area contributed by atoms with Gasteiger partial charge in [0.05, 0.1) is 7.11 Å². The molecule has 2 aromatic carbocycles. The maximum absolute atomic E-state index is 5.20. The van der Waals surface area contributed by atoms with Crippen LogP contribution in [-0.4, -0.2) is 31.6 Å². The average Bonchev–Trinajstić information content (AvgIpc) is 2.54. The molecular weight excluding hydrogens is 294 g/mol. The molecule has 3 heteroatoms. The zero-order valence-corrected chi connectivity index (χ0v) is 14.5. The van der Waals surface area contributed by atoms with Crippen LogP contribution in [0.5, 0.6) is 5.75 Å². The molecule has 0 radical (unpaired) electrons. The average molecular weight is 320 g/mol. The first-order chi connectivity index (χ1) is 10.2. The quantitative estimate of drug-likeness (QED) is 0.757. The molecule has 0 saturated heterocycles. The number of hydrogen-bond donors (Lipinski definition) is 0. The van der Waals surface area contributed by atoms with E-state index in [1.54, 1.807) is 7.11 Å². The molecule has 0 N–H and O–H groups in total. The van der Waals surface area contributed by atoms with Crippen LogP contribution in [0.2, 0.25) is 0 Å². The van der Waals surface area contributed by atoms with Gasteiger partial charge >= 0.3 is 0 Å². The zero-order valence-electron chi connectivity index (χ0n) is 13.7. The van der Waals surface area contributed by atoms with E-state index in [1.807, 2.05) is 12.1 Å². The fourth-order valence-corrected chi connectivity index (χ4v) is 2.43. The van der Waals surface area contributed by atoms with Gasteiger partial charge in [-0.15, -0.1) is 12.4 Å². The van der Waals surface area contributed by atoms with Crippen molar-refractivity contribution in [1.29, 1.82) is 0 Å². The molecule has 0 spiro atoms. The Morgan fingerprint density at radius 2 is 1.59 bits per heavy atom. The maximum atomic E-state index is 5.20. The predicted molar refractivity (Wildman–Crippen MR) is 96.2 cm³/mol. The van der Waals surface area contributed by atoms with E-state index in [4.69, 9.17) is 4.74 Å². The summed E-state index contributed by atoms with van der Waals surface area (Å²) in [6.07, 6.45) is 2.17. The Kier molecular flexibility index (Phi) is 8.00. The van der Waals surface area contributed by atoms with Gasteiger partial charge in [-0.2, -0.15) is 0 Å². The predicted octanol–water partition coefficient (Wildman–Crippen LogP) is 4.22. The number of methoxy groups -OCH3 is 1. The number of benzene rings is 2. The van der Waals surface area contributed by atoms with Gasteiger partial charge in [-0.1, -0.05) is 42.5 Å². The number of hydrogen-bond acceptors (Lipinski definition) is 2. The van der Waals surface area contributed by atoms with Crippen LogP contribution in [0.3, 0.4) is 0 Å². The van der Waals surface area contributed by atoms with Gasteiger partial charge in [-0.25, -0.2) is 0 Å². The highest BCUT2D eigenvalue weighted by molar-refractivity contribution is 5.85. The fourth-order valence-electron chi connectivity index (χ4n) is 2.43. The summed E-state index contributed by atoms with van der Waals surface area (Å²) in [7, 11) is 3.91. The van der Waals surface area contributed by atoms with Crippen LogP contribution < -0.4 is 4.74 Å². The van der Waals surface area contributed by atoms with Gasteiger partial charge in [0.1, 0.15) is 5.75 Å². The smallest absolute Gasteiger partial charge is 0.118 e. The summed E-state index contributed by atoms with van der Waals surface area (Å²) < 4.78 is 5.20. The Morgan fingerprint density at radius 1 is 0.955 bits per heavy atom. The molecular formula is C19H26ClNO. The van der Waals surface area contributed by atoms with Crippen molar-refractivity contribution in [2.24, 2.45) is 0 Å². The van der Waals surface area contributed by atoms with E-state index in [2.05, 4.69) is 61.3 Å². The number of halogens is 1. The van der Waals surface area contributed by atoms with Crippen LogP contribution in [-0.2, 0) is 12.8 Å². The minimum atomic E-state index is 0. The lowest BCUT2D eigenvalue weighted by Gasteiger charge is -2.25. The molecule has 0 amide bonds. The Labute approximate surface area is 140 Å². The lowest BCUT2D eigenvalue weighted by atomic mass is 10.1. The van der Waals surface area contributed by atoms with E-state index in [-0.39, 0.29) is 12.4 Å². The van der Waals surface area contributed by atoms with Gasteiger partial charge in [-0.3, -0.25) is 0 Å². The zero-order chi connectivity index (χ0) is 15.1. The third kappa shape index (κ3) is 5.70. The number of rotatable bonds is 7. The molecule has 0 heterocycles. The first-order valence-corrected chi connectivity index (χ1v) is 7.56. The first kappa shape index (κ1) is 18.5. The molecule has 2 aromatic rings. The minimum absolute atomic E-state index is 0. The maximum Gasteiger partial charge on any atom is 0.118 e. The molecule has 0 bridgehead atoms. The molecule has 120 valence electrons. The van der Waals surface area contributed by atoms with Gasteiger partial charge in [0.15, 0.2) is 0 Å². The van der Waals surface area contributed by atoms with Crippen LogP contribution in [0.4, 0.5) is 0 Å². The summed E-state index contributed by atoms with van der Waals surface area (Å²) in [4.78, 5) is 2.43. The van der Waals surface area contributed by atoms with Crippen LogP contribution in [0.15, 0.2) is 54.6 Å². The van der Waals surface area contributed by atoms with Crippen molar-refractivity contribution in [2.75, 3.05) is 20.7 Å². The van der Waals surface area contributed by atoms with E-state index in [1.165, 1.54) is 11.1 Å². The van der Waals surface area contributed by atoms with Crippen molar-refractivity contribution in [3.63, 3.8) is 0 Å². The third-order valence-electron chi connectivity index (χ3n) is 4.04. The number of nitrogens with zero attached hydrogens (tertiary/aromatic N) is 1. The topological polar surface area (TPSA) is 12.5 Å². The summed E-state index contributed by atoms with van der Waals surface area (Å²) >= 11 is 0. The SMILES string of the molecule is COc1ccc(CC(C)N(C)CCc2ccccc2)cc1.Cl. The van der Waals surface area contributed by atoms with Crippen LogP contribution >= 0.6 is 12.4 Å². The van der Waals surface area contributed by atoms with Crippen molar-refractivity contribution in [1.82, 2.24) is 4.90 Å². The van der Waals surface area contributed by atoms with Gasteiger partial charge < -0.3 is 9.64 Å². The molecule has 0 aliphatic rings. The Morgan fingerprint density at radius 3 is 2.18 bits per heavy atom. The van der Waals surface area contributed by atoms with Crippen molar-refractivity contribution < 1.29 is 4.74 Å². The van der Waals surface area contributed by atoms with Crippen molar-refractivity contribution in [3.05, 3.63) is 65.7 Å². The lowest BCUT2D eigenvalue weighted by molar-refractivity contribution is 0.259. The number of ether oxygens (including phenoxy) is 1. The number of likely N-dealkylation sites (N-methyl/N-ethyl adjacent to an activating group) is 1. The minimum Gasteiger partial charge on any atom is -0.497 e. The summed E-state index contributed by atoms with van der Waals surface area (Å²) in [5.41, 5.74) is 2.76. The molecule has 0 fully saturated rings. The molecule has 1 unspecified atom stereocenters. The van der Waals surface area contributed by atoms with E-state index in [9.17, 15) is 0 Å². The molecule has 0 aliphatic heterocycles. The van der Waals surface area contributed by atoms with Crippen LogP contribution in [0, 0.1) is 0 Å². The van der Waals surface area contributed by atoms with Crippen molar-refractivity contribution >= 4 is 12.4 Å². The van der Waals surface area contributed by atoms with Crippen molar-refractivity contribution in [3.8, 4) is 5.75 Å². The van der Waals surface area contributed by atoms with E-state index >= 15 is 0 Å². The van der Waals surface area contributed by atoms with E-state index in [0.29, 0.717) is 6.04 Å². The standard InChI is InChI=1S/C19H25NO.ClH/c1-16(15-18-9-11-19(21-3)12-10-18)20(2)14-13-17-7-5-4-6-8-17;/h4-12,16H,13-15H2,1-3H3;1H.